The number of hydrogen-bond acceptors (Lipinski definition) is 6. The topological polar surface area (TPSA) is 104 Å². The van der Waals surface area contributed by atoms with Crippen LogP contribution in [0.4, 0.5) is 0 Å². The Kier molecular flexibility index (Phi) is 1.86. The Morgan fingerprint density at radius 2 is 1.88 bits per heavy atom. The molecule has 0 aromatic rings. The quantitative estimate of drug-likeness (QED) is 0.658. The Balaban J connectivity index is 2.67. The number of ether oxygens (including phenoxy) is 2. The van der Waals surface area contributed by atoms with Gasteiger partial charge in [-0.1, -0.05) is 6.92 Å². The van der Waals surface area contributed by atoms with Gasteiger partial charge in [-0.3, -0.25) is 0 Å². The lowest BCUT2D eigenvalue weighted by Gasteiger charge is -2.28. The first-order chi connectivity index (χ1) is 7.53. The molecule has 0 saturated heterocycles. The van der Waals surface area contributed by atoms with Crippen molar-refractivity contribution in [3.8, 4) is 12.1 Å². The minimum absolute atomic E-state index is 0.118. The van der Waals surface area contributed by atoms with Crippen LogP contribution in [0, 0.1) is 39.4 Å². The van der Waals surface area contributed by atoms with Gasteiger partial charge in [-0.2, -0.15) is 10.5 Å². The Morgan fingerprint density at radius 3 is 2.19 bits per heavy atom. The molecule has 0 radical (unpaired) electrons. The van der Waals surface area contributed by atoms with Crippen LogP contribution in [0.25, 0.3) is 0 Å². The molecule has 6 heteroatoms. The molecule has 6 nitrogen and oxygen atoms in total. The molecule has 2 aliphatic rings. The van der Waals surface area contributed by atoms with Gasteiger partial charge in [-0.05, 0) is 0 Å². The summed E-state index contributed by atoms with van der Waals surface area (Å²) in [5.74, 6) is -1.60. The number of rotatable bonds is 2. The van der Waals surface area contributed by atoms with E-state index in [0.717, 1.165) is 0 Å². The van der Waals surface area contributed by atoms with Crippen molar-refractivity contribution in [3.05, 3.63) is 0 Å². The number of nitriles is 2. The standard InChI is InChI=1S/C10H12N4O2/c1-6-8(4-11)7(13)14-10(15-2,16-3)9(6,8)5-12/h6H,1-3H3,(H2,13,14)/t6-,8+,9-/m1/s1. The molecule has 2 rings (SSSR count). The largest absolute Gasteiger partial charge is 0.386 e. The molecule has 0 spiro atoms. The predicted octanol–water partition coefficient (Wildman–Crippen LogP) is -0.0265. The molecule has 0 bridgehead atoms. The molecule has 1 aliphatic carbocycles. The summed E-state index contributed by atoms with van der Waals surface area (Å²) in [6.45, 7) is 1.78. The second-order valence-corrected chi connectivity index (χ2v) is 4.05. The molecule has 16 heavy (non-hydrogen) atoms. The smallest absolute Gasteiger partial charge is 0.292 e. The molecule has 0 unspecified atom stereocenters. The zero-order chi connectivity index (χ0) is 12.2. The molecule has 0 aromatic heterocycles. The van der Waals surface area contributed by atoms with Gasteiger partial charge in [-0.15, -0.1) is 0 Å². The number of fused-ring (bicyclic) bond motifs is 1. The summed E-state index contributed by atoms with van der Waals surface area (Å²) in [6, 6.07) is 4.20. The van der Waals surface area contributed by atoms with Gasteiger partial charge in [0.1, 0.15) is 11.3 Å². The lowest BCUT2D eigenvalue weighted by Crippen LogP contribution is -2.41. The normalized spacial score (nSPS) is 42.8. The van der Waals surface area contributed by atoms with Gasteiger partial charge in [0, 0.05) is 20.1 Å². The SMILES string of the molecule is COC1(OC)N=C(N)[C@]2(C#N)[C@@H](C)[C@@]12C#N. The third-order valence-electron chi connectivity index (χ3n) is 3.91. The zero-order valence-corrected chi connectivity index (χ0v) is 9.31. The van der Waals surface area contributed by atoms with Gasteiger partial charge in [0.05, 0.1) is 12.1 Å². The lowest BCUT2D eigenvalue weighted by atomic mass is 9.94. The van der Waals surface area contributed by atoms with Crippen LogP contribution in [0.15, 0.2) is 4.99 Å². The molecule has 1 saturated carbocycles. The highest BCUT2D eigenvalue weighted by atomic mass is 16.7. The highest BCUT2D eigenvalue weighted by Crippen LogP contribution is 2.77. The highest BCUT2D eigenvalue weighted by molar-refractivity contribution is 5.98. The van der Waals surface area contributed by atoms with Crippen LogP contribution in [0.2, 0.25) is 0 Å². The Morgan fingerprint density at radius 1 is 1.31 bits per heavy atom. The van der Waals surface area contributed by atoms with E-state index in [1.165, 1.54) is 14.2 Å². The molecule has 84 valence electrons. The second-order valence-electron chi connectivity index (χ2n) is 4.05. The Hall–Kier alpha value is -1.63. The molecule has 1 heterocycles. The first-order valence-corrected chi connectivity index (χ1v) is 4.81. The minimum atomic E-state index is -1.46. The van der Waals surface area contributed by atoms with E-state index in [0.29, 0.717) is 0 Å². The van der Waals surface area contributed by atoms with Crippen molar-refractivity contribution in [2.24, 2.45) is 27.5 Å². The van der Waals surface area contributed by atoms with E-state index in [1.54, 1.807) is 6.92 Å². The number of hydrogen-bond donors (Lipinski definition) is 1. The van der Waals surface area contributed by atoms with Gasteiger partial charge >= 0.3 is 0 Å². The van der Waals surface area contributed by atoms with Gasteiger partial charge in [0.25, 0.3) is 5.91 Å². The van der Waals surface area contributed by atoms with Crippen LogP contribution < -0.4 is 5.73 Å². The summed E-state index contributed by atoms with van der Waals surface area (Å²) >= 11 is 0. The summed E-state index contributed by atoms with van der Waals surface area (Å²) in [5, 5.41) is 18.6. The van der Waals surface area contributed by atoms with Crippen molar-refractivity contribution >= 4 is 5.84 Å². The van der Waals surface area contributed by atoms with Crippen LogP contribution >= 0.6 is 0 Å². The third-order valence-corrected chi connectivity index (χ3v) is 3.91. The fraction of sp³-hybridized carbons (Fsp3) is 0.700. The average molecular weight is 220 g/mol. The van der Waals surface area contributed by atoms with Gasteiger partial charge in [0.15, 0.2) is 5.41 Å². The van der Waals surface area contributed by atoms with Crippen LogP contribution in [-0.2, 0) is 9.47 Å². The van der Waals surface area contributed by atoms with E-state index in [1.807, 2.05) is 0 Å². The number of amidine groups is 1. The van der Waals surface area contributed by atoms with Crippen molar-refractivity contribution in [1.82, 2.24) is 0 Å². The molecule has 3 atom stereocenters. The maximum Gasteiger partial charge on any atom is 0.292 e. The van der Waals surface area contributed by atoms with E-state index in [2.05, 4.69) is 17.1 Å². The van der Waals surface area contributed by atoms with Crippen molar-refractivity contribution in [1.29, 1.82) is 10.5 Å². The molecule has 0 amide bonds. The Bertz CT molecular complexity index is 456. The summed E-state index contributed by atoms with van der Waals surface area (Å²) in [5.41, 5.74) is 3.55. The molecular weight excluding hydrogens is 208 g/mol. The maximum atomic E-state index is 9.36. The van der Waals surface area contributed by atoms with Gasteiger partial charge in [0.2, 0.25) is 0 Å². The predicted molar refractivity (Wildman–Crippen MR) is 53.6 cm³/mol. The van der Waals surface area contributed by atoms with Crippen LogP contribution in [0.3, 0.4) is 0 Å². The van der Waals surface area contributed by atoms with Crippen LogP contribution in [0.1, 0.15) is 6.92 Å². The highest BCUT2D eigenvalue weighted by Gasteiger charge is 2.91. The number of nitrogens with two attached hydrogens (primary N) is 1. The van der Waals surface area contributed by atoms with Crippen LogP contribution in [0.5, 0.6) is 0 Å². The van der Waals surface area contributed by atoms with Crippen molar-refractivity contribution in [2.75, 3.05) is 14.2 Å². The maximum absolute atomic E-state index is 9.36. The van der Waals surface area contributed by atoms with E-state index in [4.69, 9.17) is 15.2 Å². The van der Waals surface area contributed by atoms with Crippen molar-refractivity contribution < 1.29 is 9.47 Å². The fourth-order valence-electron chi connectivity index (χ4n) is 2.94. The number of methoxy groups -OCH3 is 2. The molecule has 1 aliphatic heterocycles. The Labute approximate surface area is 93.3 Å². The summed E-state index contributed by atoms with van der Waals surface area (Å²) < 4.78 is 10.4. The van der Waals surface area contributed by atoms with Gasteiger partial charge in [-0.25, -0.2) is 4.99 Å². The van der Waals surface area contributed by atoms with Crippen molar-refractivity contribution in [2.45, 2.75) is 12.8 Å². The lowest BCUT2D eigenvalue weighted by molar-refractivity contribution is -0.232. The van der Waals surface area contributed by atoms with E-state index in [-0.39, 0.29) is 11.8 Å². The van der Waals surface area contributed by atoms with Gasteiger partial charge < -0.3 is 15.2 Å². The van der Waals surface area contributed by atoms with Crippen molar-refractivity contribution in [3.63, 3.8) is 0 Å². The monoisotopic (exact) mass is 220 g/mol. The van der Waals surface area contributed by atoms with E-state index >= 15 is 0 Å². The number of nitrogens with zero attached hydrogens (tertiary/aromatic N) is 3. The van der Waals surface area contributed by atoms with Crippen LogP contribution in [-0.4, -0.2) is 26.0 Å². The first-order valence-electron chi connectivity index (χ1n) is 4.81. The van der Waals surface area contributed by atoms with E-state index in [9.17, 15) is 10.5 Å². The summed E-state index contributed by atoms with van der Waals surface area (Å²) in [6.07, 6.45) is 0. The molecule has 1 fully saturated rings. The summed E-state index contributed by atoms with van der Waals surface area (Å²) in [4.78, 5) is 4.03. The third kappa shape index (κ3) is 0.656. The summed E-state index contributed by atoms with van der Waals surface area (Å²) in [7, 11) is 2.77. The van der Waals surface area contributed by atoms with E-state index < -0.39 is 16.7 Å². The second kappa shape index (κ2) is 2.73. The average Bonchev–Trinajstić information content (AvgIpc) is 2.77. The number of aliphatic imine (C=N–C) groups is 1. The molecular formula is C10H12N4O2. The molecule has 0 aromatic carbocycles. The molecule has 2 N–H and O–H groups in total. The fourth-order valence-corrected chi connectivity index (χ4v) is 2.94. The minimum Gasteiger partial charge on any atom is -0.386 e. The first kappa shape index (κ1) is 10.9. The zero-order valence-electron chi connectivity index (χ0n) is 9.31.